The first-order chi connectivity index (χ1) is 7.75. The first-order valence-corrected chi connectivity index (χ1v) is 6.21. The molecule has 0 bridgehead atoms. The van der Waals surface area contributed by atoms with Crippen molar-refractivity contribution in [2.75, 3.05) is 6.54 Å². The lowest BCUT2D eigenvalue weighted by molar-refractivity contribution is 0.148. The lowest BCUT2D eigenvalue weighted by Gasteiger charge is -2.23. The van der Waals surface area contributed by atoms with Crippen LogP contribution >= 0.6 is 0 Å². The van der Waals surface area contributed by atoms with Crippen molar-refractivity contribution < 1.29 is 4.74 Å². The molecule has 2 nitrogen and oxygen atoms in total. The standard InChI is InChI=1S/C14H21NO/c1-11(2)14(10-15-12-8-9-12)16-13-6-4-3-5-7-13/h3-7,11-12,14-15H,8-10H2,1-2H3. The molecule has 2 rings (SSSR count). The molecular weight excluding hydrogens is 198 g/mol. The smallest absolute Gasteiger partial charge is 0.119 e. The first-order valence-electron chi connectivity index (χ1n) is 6.21. The molecule has 16 heavy (non-hydrogen) atoms. The van der Waals surface area contributed by atoms with Crippen molar-refractivity contribution in [3.8, 4) is 5.75 Å². The number of ether oxygens (including phenoxy) is 1. The highest BCUT2D eigenvalue weighted by atomic mass is 16.5. The van der Waals surface area contributed by atoms with E-state index in [0.29, 0.717) is 5.92 Å². The molecule has 1 fully saturated rings. The van der Waals surface area contributed by atoms with E-state index in [1.54, 1.807) is 0 Å². The molecule has 1 aliphatic rings. The Morgan fingerprint density at radius 1 is 1.25 bits per heavy atom. The molecular formula is C14H21NO. The van der Waals surface area contributed by atoms with Gasteiger partial charge in [-0.2, -0.15) is 0 Å². The Balaban J connectivity index is 1.86. The zero-order chi connectivity index (χ0) is 11.4. The molecule has 1 atom stereocenters. The van der Waals surface area contributed by atoms with Crippen LogP contribution in [0, 0.1) is 5.92 Å². The zero-order valence-corrected chi connectivity index (χ0v) is 10.1. The number of para-hydroxylation sites is 1. The van der Waals surface area contributed by atoms with Crippen LogP contribution in [0.3, 0.4) is 0 Å². The summed E-state index contributed by atoms with van der Waals surface area (Å²) in [4.78, 5) is 0. The lowest BCUT2D eigenvalue weighted by atomic mass is 10.1. The van der Waals surface area contributed by atoms with Crippen LogP contribution in [0.15, 0.2) is 30.3 Å². The van der Waals surface area contributed by atoms with Crippen LogP contribution in [0.1, 0.15) is 26.7 Å². The molecule has 1 unspecified atom stereocenters. The molecule has 1 aromatic carbocycles. The van der Waals surface area contributed by atoms with E-state index < -0.39 is 0 Å². The Labute approximate surface area is 98.0 Å². The molecule has 1 aliphatic carbocycles. The summed E-state index contributed by atoms with van der Waals surface area (Å²) < 4.78 is 5.99. The maximum absolute atomic E-state index is 5.99. The van der Waals surface area contributed by atoms with Gasteiger partial charge in [0.05, 0.1) is 0 Å². The summed E-state index contributed by atoms with van der Waals surface area (Å²) in [7, 11) is 0. The fourth-order valence-corrected chi connectivity index (χ4v) is 1.66. The van der Waals surface area contributed by atoms with E-state index in [0.717, 1.165) is 18.3 Å². The molecule has 1 N–H and O–H groups in total. The minimum Gasteiger partial charge on any atom is -0.489 e. The molecule has 88 valence electrons. The highest BCUT2D eigenvalue weighted by molar-refractivity contribution is 5.21. The largest absolute Gasteiger partial charge is 0.489 e. The van der Waals surface area contributed by atoms with E-state index in [1.165, 1.54) is 12.8 Å². The van der Waals surface area contributed by atoms with E-state index >= 15 is 0 Å². The Kier molecular flexibility index (Phi) is 3.83. The molecule has 0 saturated heterocycles. The summed E-state index contributed by atoms with van der Waals surface area (Å²) in [5.74, 6) is 1.50. The second-order valence-electron chi connectivity index (χ2n) is 4.90. The van der Waals surface area contributed by atoms with Gasteiger partial charge >= 0.3 is 0 Å². The third-order valence-corrected chi connectivity index (χ3v) is 2.96. The number of nitrogens with one attached hydrogen (secondary N) is 1. The summed E-state index contributed by atoms with van der Waals surface area (Å²) in [5, 5.41) is 3.53. The minimum absolute atomic E-state index is 0.267. The SMILES string of the molecule is CC(C)C(CNC1CC1)Oc1ccccc1. The molecule has 0 heterocycles. The number of hydrogen-bond acceptors (Lipinski definition) is 2. The van der Waals surface area contributed by atoms with Crippen LogP contribution < -0.4 is 10.1 Å². The fraction of sp³-hybridized carbons (Fsp3) is 0.571. The second-order valence-corrected chi connectivity index (χ2v) is 4.90. The Hall–Kier alpha value is -1.02. The van der Waals surface area contributed by atoms with Crippen LogP contribution in [0.25, 0.3) is 0 Å². The average Bonchev–Trinajstić information content (AvgIpc) is 3.09. The first kappa shape index (κ1) is 11.5. The molecule has 1 saturated carbocycles. The van der Waals surface area contributed by atoms with Crippen LogP contribution in [0.5, 0.6) is 5.75 Å². The quantitative estimate of drug-likeness (QED) is 0.794. The minimum atomic E-state index is 0.267. The summed E-state index contributed by atoms with van der Waals surface area (Å²) in [6, 6.07) is 10.8. The Morgan fingerprint density at radius 2 is 1.94 bits per heavy atom. The van der Waals surface area contributed by atoms with Crippen LogP contribution in [-0.2, 0) is 0 Å². The van der Waals surface area contributed by atoms with Gasteiger partial charge in [0, 0.05) is 12.6 Å². The van der Waals surface area contributed by atoms with Gasteiger partial charge in [-0.1, -0.05) is 32.0 Å². The van der Waals surface area contributed by atoms with E-state index in [-0.39, 0.29) is 6.10 Å². The summed E-state index contributed by atoms with van der Waals surface area (Å²) in [5.41, 5.74) is 0. The van der Waals surface area contributed by atoms with Crippen molar-refractivity contribution in [3.63, 3.8) is 0 Å². The topological polar surface area (TPSA) is 21.3 Å². The van der Waals surface area contributed by atoms with Crippen molar-refractivity contribution in [2.24, 2.45) is 5.92 Å². The van der Waals surface area contributed by atoms with E-state index in [1.807, 2.05) is 30.3 Å². The average molecular weight is 219 g/mol. The van der Waals surface area contributed by atoms with Crippen LogP contribution in [-0.4, -0.2) is 18.7 Å². The predicted octanol–water partition coefficient (Wildman–Crippen LogP) is 2.84. The van der Waals surface area contributed by atoms with Gasteiger partial charge in [0.2, 0.25) is 0 Å². The van der Waals surface area contributed by atoms with Gasteiger partial charge in [-0.3, -0.25) is 0 Å². The van der Waals surface area contributed by atoms with E-state index in [4.69, 9.17) is 4.74 Å². The molecule has 2 heteroatoms. The highest BCUT2D eigenvalue weighted by Crippen LogP contribution is 2.20. The monoisotopic (exact) mass is 219 g/mol. The summed E-state index contributed by atoms with van der Waals surface area (Å²) in [6.07, 6.45) is 2.93. The second kappa shape index (κ2) is 5.35. The lowest BCUT2D eigenvalue weighted by Crippen LogP contribution is -2.36. The molecule has 1 aromatic rings. The van der Waals surface area contributed by atoms with Crippen molar-refractivity contribution in [2.45, 2.75) is 38.8 Å². The van der Waals surface area contributed by atoms with Crippen molar-refractivity contribution >= 4 is 0 Å². The van der Waals surface area contributed by atoms with E-state index in [2.05, 4.69) is 19.2 Å². The molecule has 0 spiro atoms. The third kappa shape index (κ3) is 3.53. The fourth-order valence-electron chi connectivity index (χ4n) is 1.66. The van der Waals surface area contributed by atoms with Crippen molar-refractivity contribution in [1.82, 2.24) is 5.32 Å². The Morgan fingerprint density at radius 3 is 2.50 bits per heavy atom. The Bertz CT molecular complexity index is 306. The van der Waals surface area contributed by atoms with Gasteiger partial charge in [-0.25, -0.2) is 0 Å². The van der Waals surface area contributed by atoms with E-state index in [9.17, 15) is 0 Å². The number of benzene rings is 1. The predicted molar refractivity (Wildman–Crippen MR) is 66.7 cm³/mol. The third-order valence-electron chi connectivity index (χ3n) is 2.96. The summed E-state index contributed by atoms with van der Waals surface area (Å²) in [6.45, 7) is 5.38. The molecule has 0 aromatic heterocycles. The van der Waals surface area contributed by atoms with Crippen LogP contribution in [0.2, 0.25) is 0 Å². The highest BCUT2D eigenvalue weighted by Gasteiger charge is 2.23. The van der Waals surface area contributed by atoms with Gasteiger partial charge in [-0.15, -0.1) is 0 Å². The van der Waals surface area contributed by atoms with Gasteiger partial charge in [0.15, 0.2) is 0 Å². The normalized spacial score (nSPS) is 17.4. The maximum Gasteiger partial charge on any atom is 0.119 e. The number of hydrogen-bond donors (Lipinski definition) is 1. The van der Waals surface area contributed by atoms with Gasteiger partial charge < -0.3 is 10.1 Å². The van der Waals surface area contributed by atoms with Crippen molar-refractivity contribution in [3.05, 3.63) is 30.3 Å². The zero-order valence-electron chi connectivity index (χ0n) is 10.1. The molecule has 0 radical (unpaired) electrons. The number of rotatable bonds is 6. The van der Waals surface area contributed by atoms with Gasteiger partial charge in [0.1, 0.15) is 11.9 Å². The van der Waals surface area contributed by atoms with Gasteiger partial charge in [-0.05, 0) is 30.9 Å². The van der Waals surface area contributed by atoms with Gasteiger partial charge in [0.25, 0.3) is 0 Å². The molecule has 0 aliphatic heterocycles. The van der Waals surface area contributed by atoms with Crippen LogP contribution in [0.4, 0.5) is 0 Å². The van der Waals surface area contributed by atoms with Crippen molar-refractivity contribution in [1.29, 1.82) is 0 Å². The maximum atomic E-state index is 5.99. The summed E-state index contributed by atoms with van der Waals surface area (Å²) >= 11 is 0. The molecule has 0 amide bonds.